The summed E-state index contributed by atoms with van der Waals surface area (Å²) in [5.74, 6) is 0. The Balaban J connectivity index is 1.03. The number of anilines is 12. The van der Waals surface area contributed by atoms with Crippen LogP contribution in [0, 0.1) is 41.5 Å². The summed E-state index contributed by atoms with van der Waals surface area (Å²) in [5, 5.41) is 9.25. The predicted octanol–water partition coefficient (Wildman–Crippen LogP) is 22.0. The molecule has 0 heterocycles. The molecule has 4 heteroatoms. The molecule has 0 aliphatic rings. The van der Waals surface area contributed by atoms with E-state index < -0.39 is 0 Å². The van der Waals surface area contributed by atoms with Crippen molar-refractivity contribution in [2.24, 2.45) is 0 Å². The Morgan fingerprint density at radius 3 is 0.388 bits per heavy atom. The van der Waals surface area contributed by atoms with Gasteiger partial charge in [0.05, 0.1) is 22.7 Å². The van der Waals surface area contributed by atoms with Crippen LogP contribution >= 0.6 is 0 Å². The zero-order valence-electron chi connectivity index (χ0n) is 46.2. The van der Waals surface area contributed by atoms with Crippen molar-refractivity contribution in [3.8, 4) is 0 Å². The second-order valence-electron chi connectivity index (χ2n) is 21.4. The van der Waals surface area contributed by atoms with E-state index in [1.165, 1.54) is 33.4 Å². The lowest BCUT2D eigenvalue weighted by Gasteiger charge is -2.34. The molecule has 0 saturated carbocycles. The van der Waals surface area contributed by atoms with Crippen LogP contribution in [0.5, 0.6) is 0 Å². The molecule has 386 valence electrons. The van der Waals surface area contributed by atoms with Gasteiger partial charge >= 0.3 is 0 Å². The van der Waals surface area contributed by atoms with Crippen molar-refractivity contribution in [1.29, 1.82) is 0 Å². The Hall–Kier alpha value is -9.90. The molecular formula is C76H62N4. The average Bonchev–Trinajstić information content (AvgIpc) is 3.52. The van der Waals surface area contributed by atoms with Gasteiger partial charge in [0, 0.05) is 88.6 Å². The van der Waals surface area contributed by atoms with E-state index in [1.807, 2.05) is 0 Å². The minimum Gasteiger partial charge on any atom is -0.309 e. The predicted molar refractivity (Wildman–Crippen MR) is 344 cm³/mol. The summed E-state index contributed by atoms with van der Waals surface area (Å²) in [6.07, 6.45) is 0. The number of nitrogens with zero attached hydrogens (tertiary/aromatic N) is 4. The largest absolute Gasteiger partial charge is 0.309 e. The molecule has 13 rings (SSSR count). The summed E-state index contributed by atoms with van der Waals surface area (Å²) in [5.41, 5.74) is 20.5. The molecule has 13 aromatic rings. The van der Waals surface area contributed by atoms with Gasteiger partial charge in [-0.3, -0.25) is 0 Å². The third-order valence-electron chi connectivity index (χ3n) is 15.8. The van der Waals surface area contributed by atoms with Crippen molar-refractivity contribution in [1.82, 2.24) is 0 Å². The number of benzene rings is 13. The van der Waals surface area contributed by atoms with Gasteiger partial charge in [0.2, 0.25) is 0 Å². The summed E-state index contributed by atoms with van der Waals surface area (Å²) < 4.78 is 0. The SMILES string of the molecule is Cc1ccc(N(c2ccc(C)cc2)c2c3ccccc3c(N(c3ccc(C)cc3)c3ccc(N(c4ccc(C)cc4)c4c5ccccc5c(N(c5ccc(C)cc5)c5ccc(C)cc5)c5ccccc45)cc3)c3ccccc23)cc1. The van der Waals surface area contributed by atoms with Gasteiger partial charge < -0.3 is 19.6 Å². The highest BCUT2D eigenvalue weighted by molar-refractivity contribution is 6.25. The lowest BCUT2D eigenvalue weighted by Crippen LogP contribution is -2.16. The minimum absolute atomic E-state index is 1.05. The maximum atomic E-state index is 2.47. The summed E-state index contributed by atoms with van der Waals surface area (Å²) in [6, 6.07) is 98.8. The van der Waals surface area contributed by atoms with Crippen molar-refractivity contribution in [3.05, 3.63) is 300 Å². The van der Waals surface area contributed by atoms with Gasteiger partial charge in [-0.15, -0.1) is 0 Å². The Bertz CT molecular complexity index is 3880. The molecule has 0 radical (unpaired) electrons. The van der Waals surface area contributed by atoms with Crippen LogP contribution in [0.1, 0.15) is 33.4 Å². The summed E-state index contributed by atoms with van der Waals surface area (Å²) in [7, 11) is 0. The number of aryl methyl sites for hydroxylation is 6. The molecule has 80 heavy (non-hydrogen) atoms. The van der Waals surface area contributed by atoms with E-state index in [2.05, 4.69) is 328 Å². The van der Waals surface area contributed by atoms with Crippen molar-refractivity contribution in [2.45, 2.75) is 41.5 Å². The molecule has 0 spiro atoms. The van der Waals surface area contributed by atoms with E-state index in [9.17, 15) is 0 Å². The summed E-state index contributed by atoms with van der Waals surface area (Å²) in [6.45, 7) is 12.9. The number of hydrogen-bond acceptors (Lipinski definition) is 4. The van der Waals surface area contributed by atoms with Crippen LogP contribution in [0.4, 0.5) is 68.2 Å². The standard InChI is InChI=1S/C76H62N4/c1-51-23-35-57(36-24-51)77(58-37-25-52(2)26-38-58)73-65-15-7-11-19-69(65)75(70-20-12-8-16-66(70)73)79(61-43-31-55(5)32-44-61)63-47-49-64(50-48-63)80(62-45-33-56(6)34-46-62)76-71-21-13-9-17-67(71)74(68-18-10-14-22-72(68)76)78(59-39-27-53(3)28-40-59)60-41-29-54(4)30-42-60/h7-50H,1-6H3. The first-order valence-electron chi connectivity index (χ1n) is 27.7. The number of fused-ring (bicyclic) bond motifs is 4. The van der Waals surface area contributed by atoms with Gasteiger partial charge in [0.25, 0.3) is 0 Å². The zero-order chi connectivity index (χ0) is 54.4. The van der Waals surface area contributed by atoms with Gasteiger partial charge in [-0.05, 0) is 139 Å². The third-order valence-corrected chi connectivity index (χ3v) is 15.8. The maximum absolute atomic E-state index is 2.47. The molecule has 0 aromatic heterocycles. The lowest BCUT2D eigenvalue weighted by atomic mass is 9.95. The highest BCUT2D eigenvalue weighted by atomic mass is 15.2. The Morgan fingerprint density at radius 1 is 0.150 bits per heavy atom. The first kappa shape index (κ1) is 49.7. The second-order valence-corrected chi connectivity index (χ2v) is 21.4. The van der Waals surface area contributed by atoms with E-state index in [4.69, 9.17) is 0 Å². The van der Waals surface area contributed by atoms with Gasteiger partial charge in [0.15, 0.2) is 0 Å². The topological polar surface area (TPSA) is 13.0 Å². The fraction of sp³-hybridized carbons (Fsp3) is 0.0789. The van der Waals surface area contributed by atoms with E-state index in [0.29, 0.717) is 0 Å². The number of rotatable bonds is 12. The van der Waals surface area contributed by atoms with Crippen LogP contribution < -0.4 is 19.6 Å². The monoisotopic (exact) mass is 1030 g/mol. The van der Waals surface area contributed by atoms with Crippen LogP contribution in [0.15, 0.2) is 267 Å². The molecule has 0 unspecified atom stereocenters. The fourth-order valence-electron chi connectivity index (χ4n) is 11.7. The van der Waals surface area contributed by atoms with Crippen molar-refractivity contribution >= 4 is 111 Å². The molecule has 13 aromatic carbocycles. The molecule has 0 fully saturated rings. The van der Waals surface area contributed by atoms with Gasteiger partial charge in [-0.1, -0.05) is 203 Å². The van der Waals surface area contributed by atoms with Gasteiger partial charge in [0.1, 0.15) is 0 Å². The molecule has 0 aliphatic carbocycles. The van der Waals surface area contributed by atoms with E-state index in [1.54, 1.807) is 0 Å². The molecule has 4 nitrogen and oxygen atoms in total. The normalized spacial score (nSPS) is 11.4. The Labute approximate surface area is 470 Å². The molecule has 0 aliphatic heterocycles. The van der Waals surface area contributed by atoms with Crippen LogP contribution in [-0.4, -0.2) is 0 Å². The molecule has 0 bridgehead atoms. The van der Waals surface area contributed by atoms with Crippen LogP contribution in [0.2, 0.25) is 0 Å². The van der Waals surface area contributed by atoms with E-state index >= 15 is 0 Å². The van der Waals surface area contributed by atoms with Crippen molar-refractivity contribution < 1.29 is 0 Å². The van der Waals surface area contributed by atoms with Crippen molar-refractivity contribution in [3.63, 3.8) is 0 Å². The highest BCUT2D eigenvalue weighted by Crippen LogP contribution is 2.54. The van der Waals surface area contributed by atoms with Crippen LogP contribution in [0.3, 0.4) is 0 Å². The fourth-order valence-corrected chi connectivity index (χ4v) is 11.7. The van der Waals surface area contributed by atoms with E-state index in [0.717, 1.165) is 111 Å². The first-order chi connectivity index (χ1) is 39.2. The van der Waals surface area contributed by atoms with Gasteiger partial charge in [-0.25, -0.2) is 0 Å². The summed E-state index contributed by atoms with van der Waals surface area (Å²) in [4.78, 5) is 9.83. The van der Waals surface area contributed by atoms with Crippen LogP contribution in [0.25, 0.3) is 43.1 Å². The summed E-state index contributed by atoms with van der Waals surface area (Å²) >= 11 is 0. The number of hydrogen-bond donors (Lipinski definition) is 0. The minimum atomic E-state index is 1.05. The van der Waals surface area contributed by atoms with Gasteiger partial charge in [-0.2, -0.15) is 0 Å². The van der Waals surface area contributed by atoms with Crippen molar-refractivity contribution in [2.75, 3.05) is 19.6 Å². The zero-order valence-corrected chi connectivity index (χ0v) is 46.2. The molecular weight excluding hydrogens is 969 g/mol. The Morgan fingerprint density at radius 2 is 0.263 bits per heavy atom. The molecule has 0 saturated heterocycles. The quantitative estimate of drug-likeness (QED) is 0.0893. The van der Waals surface area contributed by atoms with Crippen LogP contribution in [-0.2, 0) is 0 Å². The molecule has 0 N–H and O–H groups in total. The Kier molecular flexibility index (Phi) is 12.9. The molecule has 0 amide bonds. The molecule has 0 atom stereocenters. The van der Waals surface area contributed by atoms with E-state index in [-0.39, 0.29) is 0 Å². The average molecular weight is 1030 g/mol. The highest BCUT2D eigenvalue weighted by Gasteiger charge is 2.28. The second kappa shape index (κ2) is 20.8. The lowest BCUT2D eigenvalue weighted by molar-refractivity contribution is 1.26. The first-order valence-corrected chi connectivity index (χ1v) is 27.7. The smallest absolute Gasteiger partial charge is 0.0619 e. The third kappa shape index (κ3) is 9.05. The maximum Gasteiger partial charge on any atom is 0.0619 e.